The SMILES string of the molecule is CCC(=O)Nc1cncc(-c2ccc3[nH]nc(-c4nc5c(-c6ccncc6)cncc5[nH]4)c3n2)c1. The maximum Gasteiger partial charge on any atom is 0.224 e. The molecule has 6 aromatic heterocycles. The fraction of sp³-hybridized carbons (Fsp3) is 0.0800. The Kier molecular flexibility index (Phi) is 4.95. The molecule has 170 valence electrons. The molecule has 6 rings (SSSR count). The summed E-state index contributed by atoms with van der Waals surface area (Å²) < 4.78 is 0. The molecular formula is C25H19N9O. The summed E-state index contributed by atoms with van der Waals surface area (Å²) in [4.78, 5) is 37.5. The van der Waals surface area contributed by atoms with Gasteiger partial charge >= 0.3 is 0 Å². The van der Waals surface area contributed by atoms with Crippen LogP contribution in [-0.4, -0.2) is 46.0 Å². The number of rotatable bonds is 5. The first-order chi connectivity index (χ1) is 17.2. The molecule has 0 saturated heterocycles. The van der Waals surface area contributed by atoms with Crippen molar-refractivity contribution in [3.63, 3.8) is 0 Å². The number of hydrogen-bond donors (Lipinski definition) is 3. The number of fused-ring (bicyclic) bond motifs is 2. The van der Waals surface area contributed by atoms with Gasteiger partial charge in [-0.1, -0.05) is 6.92 Å². The molecule has 6 aromatic rings. The van der Waals surface area contributed by atoms with E-state index in [4.69, 9.17) is 9.97 Å². The molecule has 0 aliphatic heterocycles. The number of amides is 1. The molecule has 35 heavy (non-hydrogen) atoms. The van der Waals surface area contributed by atoms with Gasteiger partial charge in [-0.2, -0.15) is 5.10 Å². The van der Waals surface area contributed by atoms with Crippen molar-refractivity contribution in [2.24, 2.45) is 0 Å². The Morgan fingerprint density at radius 2 is 1.74 bits per heavy atom. The van der Waals surface area contributed by atoms with Gasteiger partial charge in [0.2, 0.25) is 5.91 Å². The summed E-state index contributed by atoms with van der Waals surface area (Å²) in [6.45, 7) is 1.80. The fourth-order valence-electron chi connectivity index (χ4n) is 3.91. The lowest BCUT2D eigenvalue weighted by molar-refractivity contribution is -0.115. The lowest BCUT2D eigenvalue weighted by atomic mass is 10.1. The molecular weight excluding hydrogens is 442 g/mol. The Hall–Kier alpha value is -4.99. The Morgan fingerprint density at radius 3 is 2.60 bits per heavy atom. The summed E-state index contributed by atoms with van der Waals surface area (Å²) in [5.41, 5.74) is 7.62. The van der Waals surface area contributed by atoms with Crippen LogP contribution in [0.15, 0.2) is 67.5 Å². The van der Waals surface area contributed by atoms with Crippen LogP contribution in [0.3, 0.4) is 0 Å². The zero-order valence-corrected chi connectivity index (χ0v) is 18.6. The molecule has 0 aliphatic rings. The van der Waals surface area contributed by atoms with Crippen molar-refractivity contribution in [1.29, 1.82) is 0 Å². The monoisotopic (exact) mass is 461 g/mol. The van der Waals surface area contributed by atoms with Gasteiger partial charge in [0.1, 0.15) is 5.52 Å². The van der Waals surface area contributed by atoms with Crippen molar-refractivity contribution in [1.82, 2.24) is 40.1 Å². The molecule has 0 aliphatic carbocycles. The minimum absolute atomic E-state index is 0.0741. The van der Waals surface area contributed by atoms with E-state index < -0.39 is 0 Å². The van der Waals surface area contributed by atoms with Crippen molar-refractivity contribution in [3.8, 4) is 33.9 Å². The normalized spacial score (nSPS) is 11.2. The number of aromatic amines is 2. The summed E-state index contributed by atoms with van der Waals surface area (Å²) in [6, 6.07) is 9.50. The molecule has 10 nitrogen and oxygen atoms in total. The van der Waals surface area contributed by atoms with Crippen molar-refractivity contribution in [3.05, 3.63) is 67.5 Å². The van der Waals surface area contributed by atoms with Crippen LogP contribution in [0, 0.1) is 0 Å². The van der Waals surface area contributed by atoms with Gasteiger partial charge in [0.15, 0.2) is 11.5 Å². The van der Waals surface area contributed by atoms with Crippen molar-refractivity contribution in [2.75, 3.05) is 5.32 Å². The highest BCUT2D eigenvalue weighted by Gasteiger charge is 2.17. The highest BCUT2D eigenvalue weighted by Crippen LogP contribution is 2.31. The zero-order chi connectivity index (χ0) is 23.8. The number of carbonyl (C=O) groups excluding carboxylic acids is 1. The molecule has 0 fully saturated rings. The molecule has 0 unspecified atom stereocenters. The number of nitrogens with one attached hydrogen (secondary N) is 3. The average molecular weight is 461 g/mol. The van der Waals surface area contributed by atoms with Crippen LogP contribution in [-0.2, 0) is 4.79 Å². The topological polar surface area (TPSA) is 138 Å². The highest BCUT2D eigenvalue weighted by molar-refractivity contribution is 5.96. The van der Waals surface area contributed by atoms with Gasteiger partial charge in [-0.3, -0.25) is 24.8 Å². The third-order valence-electron chi connectivity index (χ3n) is 5.66. The van der Waals surface area contributed by atoms with Crippen LogP contribution < -0.4 is 5.32 Å². The van der Waals surface area contributed by atoms with Gasteiger partial charge in [0.05, 0.1) is 40.3 Å². The van der Waals surface area contributed by atoms with Gasteiger partial charge in [0.25, 0.3) is 0 Å². The minimum atomic E-state index is -0.0741. The van der Waals surface area contributed by atoms with Crippen molar-refractivity contribution >= 4 is 33.7 Å². The second-order valence-corrected chi connectivity index (χ2v) is 7.93. The predicted molar refractivity (Wildman–Crippen MR) is 132 cm³/mol. The third-order valence-corrected chi connectivity index (χ3v) is 5.66. The van der Waals surface area contributed by atoms with E-state index in [0.29, 0.717) is 34.8 Å². The van der Waals surface area contributed by atoms with Gasteiger partial charge < -0.3 is 10.3 Å². The number of anilines is 1. The van der Waals surface area contributed by atoms with Gasteiger partial charge in [-0.15, -0.1) is 0 Å². The average Bonchev–Trinajstić information content (AvgIpc) is 3.53. The molecule has 10 heteroatoms. The van der Waals surface area contributed by atoms with Crippen LogP contribution in [0.5, 0.6) is 0 Å². The van der Waals surface area contributed by atoms with E-state index in [2.05, 4.69) is 35.5 Å². The second kappa shape index (κ2) is 8.41. The van der Waals surface area contributed by atoms with Crippen LogP contribution >= 0.6 is 0 Å². The first-order valence-electron chi connectivity index (χ1n) is 11.0. The predicted octanol–water partition coefficient (Wildman–Crippen LogP) is 4.37. The first kappa shape index (κ1) is 20.6. The molecule has 3 N–H and O–H groups in total. The maximum atomic E-state index is 11.8. The first-order valence-corrected chi connectivity index (χ1v) is 11.0. The molecule has 6 heterocycles. The molecule has 0 bridgehead atoms. The third kappa shape index (κ3) is 3.76. The van der Waals surface area contributed by atoms with Gasteiger partial charge in [-0.25, -0.2) is 9.97 Å². The zero-order valence-electron chi connectivity index (χ0n) is 18.6. The molecule has 0 atom stereocenters. The van der Waals surface area contributed by atoms with Crippen LogP contribution in [0.25, 0.3) is 56.0 Å². The summed E-state index contributed by atoms with van der Waals surface area (Å²) in [5, 5.41) is 10.3. The van der Waals surface area contributed by atoms with Gasteiger partial charge in [0, 0.05) is 42.3 Å². The quantitative estimate of drug-likeness (QED) is 0.346. The van der Waals surface area contributed by atoms with Crippen molar-refractivity contribution < 1.29 is 4.79 Å². The minimum Gasteiger partial charge on any atom is -0.335 e. The Bertz CT molecular complexity index is 1690. The van der Waals surface area contributed by atoms with E-state index in [1.807, 2.05) is 30.3 Å². The fourth-order valence-corrected chi connectivity index (χ4v) is 3.91. The van der Waals surface area contributed by atoms with Crippen LogP contribution in [0.2, 0.25) is 0 Å². The summed E-state index contributed by atoms with van der Waals surface area (Å²) >= 11 is 0. The summed E-state index contributed by atoms with van der Waals surface area (Å²) in [6.07, 6.45) is 10.7. The number of hydrogen-bond acceptors (Lipinski definition) is 7. The molecule has 1 amide bonds. The Balaban J connectivity index is 1.43. The molecule has 0 radical (unpaired) electrons. The Labute approximate surface area is 198 Å². The molecule has 0 saturated carbocycles. The number of aromatic nitrogens is 8. The molecule has 0 aromatic carbocycles. The standard InChI is InChI=1S/C25H19N9O/c1-2-21(35)29-16-9-15(10-27-11-16)18-3-4-19-23(30-18)24(34-33-19)25-31-20-13-28-12-17(22(20)32-25)14-5-7-26-8-6-14/h3-13H,2H2,1H3,(H,29,35)(H,31,32)(H,33,34). The smallest absolute Gasteiger partial charge is 0.224 e. The second-order valence-electron chi connectivity index (χ2n) is 7.93. The summed E-state index contributed by atoms with van der Waals surface area (Å²) in [7, 11) is 0. The number of nitrogens with zero attached hydrogens (tertiary/aromatic N) is 6. The van der Waals surface area contributed by atoms with Crippen LogP contribution in [0.4, 0.5) is 5.69 Å². The van der Waals surface area contributed by atoms with Crippen molar-refractivity contribution in [2.45, 2.75) is 13.3 Å². The van der Waals surface area contributed by atoms with Crippen LogP contribution in [0.1, 0.15) is 13.3 Å². The van der Waals surface area contributed by atoms with Gasteiger partial charge in [-0.05, 0) is 35.9 Å². The maximum absolute atomic E-state index is 11.8. The van der Waals surface area contributed by atoms with E-state index in [9.17, 15) is 4.79 Å². The molecule has 0 spiro atoms. The highest BCUT2D eigenvalue weighted by atomic mass is 16.1. The number of imidazole rings is 1. The lowest BCUT2D eigenvalue weighted by Gasteiger charge is -2.06. The van der Waals surface area contributed by atoms with E-state index in [1.54, 1.807) is 44.1 Å². The lowest BCUT2D eigenvalue weighted by Crippen LogP contribution is -2.09. The Morgan fingerprint density at radius 1 is 0.886 bits per heavy atom. The number of carbonyl (C=O) groups is 1. The van der Waals surface area contributed by atoms with E-state index in [1.165, 1.54) is 0 Å². The number of pyridine rings is 4. The largest absolute Gasteiger partial charge is 0.335 e. The summed E-state index contributed by atoms with van der Waals surface area (Å²) in [5.74, 6) is 0.510. The van der Waals surface area contributed by atoms with E-state index in [0.717, 1.165) is 33.2 Å². The van der Waals surface area contributed by atoms with E-state index >= 15 is 0 Å². The number of H-pyrrole nitrogens is 2. The van der Waals surface area contributed by atoms with E-state index in [-0.39, 0.29) is 5.91 Å².